The lowest BCUT2D eigenvalue weighted by molar-refractivity contribution is -0.144. The molecule has 1 rings (SSSR count). The summed E-state index contributed by atoms with van der Waals surface area (Å²) in [6, 6.07) is -0.903. The number of hydrogen-bond acceptors (Lipinski definition) is 8. The minimum Gasteiger partial charge on any atom is -0.481 e. The maximum atomic E-state index is 10.7. The first-order valence-corrected chi connectivity index (χ1v) is 9.19. The number of aliphatic carboxylic acids is 2. The molecular weight excluding hydrogens is 362 g/mol. The minimum absolute atomic E-state index is 0.0882. The molecule has 0 bridgehead atoms. The van der Waals surface area contributed by atoms with Crippen LogP contribution >= 0.6 is 0 Å². The number of carboxylic acids is 2. The normalized spacial score (nSPS) is 32.2. The first-order valence-electron chi connectivity index (χ1n) is 9.19. The number of nitrogens with one attached hydrogen (secondary N) is 1. The molecule has 0 radical (unpaired) electrons. The van der Waals surface area contributed by atoms with Gasteiger partial charge in [-0.3, -0.25) is 9.59 Å². The second-order valence-electron chi connectivity index (χ2n) is 7.14. The van der Waals surface area contributed by atoms with Gasteiger partial charge in [0.25, 0.3) is 0 Å². The molecule has 0 spiro atoms. The van der Waals surface area contributed by atoms with Gasteiger partial charge in [-0.25, -0.2) is 0 Å². The van der Waals surface area contributed by atoms with Crippen LogP contribution in [-0.4, -0.2) is 91.3 Å². The summed E-state index contributed by atoms with van der Waals surface area (Å²) in [5, 5.41) is 70.5. The van der Waals surface area contributed by atoms with Crippen molar-refractivity contribution in [3.05, 3.63) is 0 Å². The van der Waals surface area contributed by atoms with E-state index in [1.807, 2.05) is 0 Å². The van der Waals surface area contributed by atoms with Gasteiger partial charge in [0, 0.05) is 31.2 Å². The number of aliphatic hydroxyl groups is 5. The number of aliphatic hydroxyl groups excluding tert-OH is 5. The summed E-state index contributed by atoms with van der Waals surface area (Å²) in [4.78, 5) is 21.4. The van der Waals surface area contributed by atoms with E-state index < -0.39 is 60.8 Å². The lowest BCUT2D eigenvalue weighted by Gasteiger charge is -2.47. The Balaban J connectivity index is 2.86. The van der Waals surface area contributed by atoms with Crippen molar-refractivity contribution in [2.24, 2.45) is 11.8 Å². The van der Waals surface area contributed by atoms with Gasteiger partial charge in [-0.2, -0.15) is 0 Å². The van der Waals surface area contributed by atoms with Crippen molar-refractivity contribution < 1.29 is 45.3 Å². The summed E-state index contributed by atoms with van der Waals surface area (Å²) in [6.45, 7) is -0.590. The number of carbonyl (C=O) groups is 2. The van der Waals surface area contributed by atoms with E-state index in [2.05, 4.69) is 5.32 Å². The first kappa shape index (κ1) is 23.7. The van der Waals surface area contributed by atoms with Gasteiger partial charge in [0.2, 0.25) is 0 Å². The Morgan fingerprint density at radius 3 is 1.67 bits per heavy atom. The maximum Gasteiger partial charge on any atom is 0.303 e. The van der Waals surface area contributed by atoms with Crippen molar-refractivity contribution >= 4 is 11.9 Å². The molecule has 0 aromatic rings. The number of hydrogen-bond donors (Lipinski definition) is 8. The highest BCUT2D eigenvalue weighted by molar-refractivity contribution is 5.66. The predicted octanol–water partition coefficient (Wildman–Crippen LogP) is -1.86. The Hall–Kier alpha value is -1.30. The van der Waals surface area contributed by atoms with E-state index in [-0.39, 0.29) is 45.1 Å². The van der Waals surface area contributed by atoms with Crippen molar-refractivity contribution in [3.63, 3.8) is 0 Å². The third-order valence-electron chi connectivity index (χ3n) is 5.15. The summed E-state index contributed by atoms with van der Waals surface area (Å²) in [6.07, 6.45) is -3.92. The van der Waals surface area contributed by atoms with E-state index in [1.54, 1.807) is 0 Å². The first-order chi connectivity index (χ1) is 12.7. The van der Waals surface area contributed by atoms with E-state index in [0.29, 0.717) is 0 Å². The van der Waals surface area contributed by atoms with Crippen molar-refractivity contribution in [2.45, 2.75) is 69.0 Å². The second kappa shape index (κ2) is 11.5. The Labute approximate surface area is 157 Å². The Morgan fingerprint density at radius 2 is 1.30 bits per heavy atom. The third kappa shape index (κ3) is 7.32. The van der Waals surface area contributed by atoms with Crippen LogP contribution in [0.2, 0.25) is 0 Å². The monoisotopic (exact) mass is 393 g/mol. The molecule has 27 heavy (non-hydrogen) atoms. The smallest absolute Gasteiger partial charge is 0.303 e. The van der Waals surface area contributed by atoms with Gasteiger partial charge in [-0.15, -0.1) is 0 Å². The van der Waals surface area contributed by atoms with Crippen LogP contribution in [0.5, 0.6) is 0 Å². The highest BCUT2D eigenvalue weighted by atomic mass is 16.4. The third-order valence-corrected chi connectivity index (χ3v) is 5.15. The fraction of sp³-hybridized carbons (Fsp3) is 0.882. The summed E-state index contributed by atoms with van der Waals surface area (Å²) in [5.74, 6) is -3.39. The molecular formula is C17H31NO9. The van der Waals surface area contributed by atoms with Crippen molar-refractivity contribution in [1.82, 2.24) is 5.32 Å². The van der Waals surface area contributed by atoms with Crippen molar-refractivity contribution in [3.8, 4) is 0 Å². The van der Waals surface area contributed by atoms with Crippen LogP contribution in [0.4, 0.5) is 0 Å². The van der Waals surface area contributed by atoms with Gasteiger partial charge >= 0.3 is 11.9 Å². The largest absolute Gasteiger partial charge is 0.481 e. The lowest BCUT2D eigenvalue weighted by Crippen LogP contribution is -2.63. The van der Waals surface area contributed by atoms with Crippen LogP contribution in [-0.2, 0) is 9.59 Å². The zero-order valence-electron chi connectivity index (χ0n) is 15.1. The SMILES string of the molecule is O=C(O)CCC[C@@H]1C(O)[C@H](CCCC(=O)O)[C@H](O)C(NCC(O)CO)[C@@H]1O. The molecule has 158 valence electrons. The van der Waals surface area contributed by atoms with Crippen LogP contribution in [0.1, 0.15) is 38.5 Å². The Kier molecular flexibility index (Phi) is 10.1. The van der Waals surface area contributed by atoms with Gasteiger partial charge in [0.05, 0.1) is 37.1 Å². The van der Waals surface area contributed by atoms with Crippen LogP contribution in [0.3, 0.4) is 0 Å². The molecule has 1 saturated carbocycles. The molecule has 0 aromatic heterocycles. The summed E-state index contributed by atoms with van der Waals surface area (Å²) >= 11 is 0. The van der Waals surface area contributed by atoms with E-state index in [1.165, 1.54) is 0 Å². The summed E-state index contributed by atoms with van der Waals surface area (Å²) in [7, 11) is 0. The van der Waals surface area contributed by atoms with Gasteiger partial charge in [-0.05, 0) is 25.7 Å². The van der Waals surface area contributed by atoms with Crippen molar-refractivity contribution in [1.29, 1.82) is 0 Å². The minimum atomic E-state index is -1.19. The molecule has 0 aliphatic heterocycles. The fourth-order valence-electron chi connectivity index (χ4n) is 3.70. The predicted molar refractivity (Wildman–Crippen MR) is 92.9 cm³/mol. The van der Waals surface area contributed by atoms with E-state index in [4.69, 9.17) is 15.3 Å². The second-order valence-corrected chi connectivity index (χ2v) is 7.14. The average Bonchev–Trinajstić information content (AvgIpc) is 2.59. The van der Waals surface area contributed by atoms with Crippen LogP contribution in [0.15, 0.2) is 0 Å². The molecule has 8 N–H and O–H groups in total. The molecule has 10 nitrogen and oxygen atoms in total. The van der Waals surface area contributed by atoms with Gasteiger partial charge < -0.3 is 41.1 Å². The quantitative estimate of drug-likeness (QED) is 0.187. The maximum absolute atomic E-state index is 10.7. The summed E-state index contributed by atoms with van der Waals surface area (Å²) in [5.41, 5.74) is 0. The highest BCUT2D eigenvalue weighted by Gasteiger charge is 2.48. The summed E-state index contributed by atoms with van der Waals surface area (Å²) < 4.78 is 0. The van der Waals surface area contributed by atoms with Gasteiger partial charge in [0.15, 0.2) is 0 Å². The van der Waals surface area contributed by atoms with Crippen molar-refractivity contribution in [2.75, 3.05) is 13.2 Å². The average molecular weight is 393 g/mol. The van der Waals surface area contributed by atoms with Gasteiger partial charge in [-0.1, -0.05) is 0 Å². The van der Waals surface area contributed by atoms with E-state index in [9.17, 15) is 30.0 Å². The Bertz CT molecular complexity index is 441. The van der Waals surface area contributed by atoms with Gasteiger partial charge in [0.1, 0.15) is 0 Å². The molecule has 10 heteroatoms. The highest BCUT2D eigenvalue weighted by Crippen LogP contribution is 2.36. The molecule has 7 atom stereocenters. The topological polar surface area (TPSA) is 188 Å². The standard InChI is InChI=1S/C17H31NO9/c19-8-9(20)7-18-14-16(26)10(3-1-5-12(21)22)15(25)11(17(14)27)4-2-6-13(23)24/h9-11,14-20,25-27H,1-8H2,(H,21,22)(H,23,24)/t9?,10-,11+,14?,15?,16-,17+. The molecule has 0 heterocycles. The zero-order valence-corrected chi connectivity index (χ0v) is 15.1. The molecule has 1 fully saturated rings. The van der Waals surface area contributed by atoms with Crippen LogP contribution in [0.25, 0.3) is 0 Å². The van der Waals surface area contributed by atoms with E-state index in [0.717, 1.165) is 0 Å². The molecule has 1 aliphatic carbocycles. The number of carboxylic acid groups (broad SMARTS) is 2. The molecule has 3 unspecified atom stereocenters. The van der Waals surface area contributed by atoms with E-state index >= 15 is 0 Å². The Morgan fingerprint density at radius 1 is 0.852 bits per heavy atom. The fourth-order valence-corrected chi connectivity index (χ4v) is 3.70. The molecule has 0 aromatic carbocycles. The van der Waals surface area contributed by atoms with Crippen LogP contribution < -0.4 is 5.32 Å². The molecule has 0 amide bonds. The molecule has 0 saturated heterocycles. The lowest BCUT2D eigenvalue weighted by atomic mass is 9.69. The zero-order chi connectivity index (χ0) is 20.6. The van der Waals surface area contributed by atoms with Crippen LogP contribution in [0, 0.1) is 11.8 Å². The number of rotatable bonds is 12. The molecule has 1 aliphatic rings.